The standard InChI is InChI=1S/C19H22F3N5O2.C9H18O2/c20-19(21,22)12-26-10-14-9-16(3-1-13(14)2-4-17(26)28)29-8-5-15-11-27-18(25-15)23-6-7-24-27;1-4-6-9(7-5-2)11-8(3)10/h1,3,9,11,24H,2,4-8,10,12H2,(H,23,25);9H,4-7H2,1-3H3. The van der Waals surface area contributed by atoms with Crippen LogP contribution in [0.1, 0.15) is 69.7 Å². The molecule has 222 valence electrons. The van der Waals surface area contributed by atoms with Crippen LogP contribution in [0.2, 0.25) is 0 Å². The third kappa shape index (κ3) is 9.95. The Labute approximate surface area is 233 Å². The topological polar surface area (TPSA) is 97.7 Å². The van der Waals surface area contributed by atoms with Gasteiger partial charge in [-0.2, -0.15) is 13.2 Å². The third-order valence-electron chi connectivity index (χ3n) is 6.50. The van der Waals surface area contributed by atoms with Crippen LogP contribution in [0.3, 0.4) is 0 Å². The van der Waals surface area contributed by atoms with Crippen molar-refractivity contribution in [2.24, 2.45) is 0 Å². The van der Waals surface area contributed by atoms with E-state index in [1.165, 1.54) is 6.92 Å². The van der Waals surface area contributed by atoms with E-state index in [9.17, 15) is 22.8 Å². The molecule has 0 radical (unpaired) electrons. The average Bonchev–Trinajstić information content (AvgIpc) is 3.23. The molecule has 4 rings (SSSR count). The van der Waals surface area contributed by atoms with E-state index in [0.29, 0.717) is 30.8 Å². The molecule has 40 heavy (non-hydrogen) atoms. The van der Waals surface area contributed by atoms with Gasteiger partial charge in [-0.3, -0.25) is 9.59 Å². The van der Waals surface area contributed by atoms with Gasteiger partial charge in [-0.15, -0.1) is 0 Å². The first-order chi connectivity index (χ1) is 19.1. The minimum atomic E-state index is -4.41. The number of alkyl halides is 3. The van der Waals surface area contributed by atoms with Crippen molar-refractivity contribution in [3.05, 3.63) is 41.2 Å². The summed E-state index contributed by atoms with van der Waals surface area (Å²) in [7, 11) is 0. The van der Waals surface area contributed by atoms with Crippen LogP contribution in [0.25, 0.3) is 0 Å². The number of aryl methyl sites for hydroxylation is 1. The number of amides is 1. The van der Waals surface area contributed by atoms with E-state index in [1.54, 1.807) is 12.1 Å². The van der Waals surface area contributed by atoms with Crippen molar-refractivity contribution < 1.29 is 32.2 Å². The van der Waals surface area contributed by atoms with Gasteiger partial charge in [0.1, 0.15) is 18.4 Å². The molecule has 0 saturated heterocycles. The number of carbonyl (C=O) groups excluding carboxylic acids is 2. The van der Waals surface area contributed by atoms with Gasteiger partial charge in [0, 0.05) is 39.4 Å². The third-order valence-corrected chi connectivity index (χ3v) is 6.50. The van der Waals surface area contributed by atoms with E-state index in [-0.39, 0.29) is 25.0 Å². The SMILES string of the molecule is CCCC(CCC)OC(C)=O.O=C1CCc2ccc(OCCc3cn4c(n3)NCCN4)cc2CN1CC(F)(F)F. The fourth-order valence-electron chi connectivity index (χ4n) is 4.70. The number of ether oxygens (including phenoxy) is 2. The highest BCUT2D eigenvalue weighted by molar-refractivity contribution is 5.77. The molecule has 0 bridgehead atoms. The first-order valence-corrected chi connectivity index (χ1v) is 13.9. The van der Waals surface area contributed by atoms with Crippen LogP contribution >= 0.6 is 0 Å². The van der Waals surface area contributed by atoms with Crippen LogP contribution in [-0.4, -0.2) is 65.0 Å². The number of aromatic nitrogens is 2. The Hall–Kier alpha value is -3.44. The first kappa shape index (κ1) is 31.1. The maximum atomic E-state index is 12.8. The number of nitrogens with zero attached hydrogens (tertiary/aromatic N) is 3. The molecule has 0 atom stereocenters. The molecule has 0 fully saturated rings. The minimum absolute atomic E-state index is 0.0595. The molecule has 1 aromatic heterocycles. The second-order valence-electron chi connectivity index (χ2n) is 9.96. The van der Waals surface area contributed by atoms with E-state index in [1.807, 2.05) is 16.9 Å². The van der Waals surface area contributed by atoms with Gasteiger partial charge in [0.05, 0.1) is 18.5 Å². The molecule has 1 aromatic carbocycles. The van der Waals surface area contributed by atoms with E-state index in [4.69, 9.17) is 9.47 Å². The highest BCUT2D eigenvalue weighted by atomic mass is 19.4. The predicted molar refractivity (Wildman–Crippen MR) is 146 cm³/mol. The molecule has 2 aliphatic rings. The van der Waals surface area contributed by atoms with E-state index in [2.05, 4.69) is 29.6 Å². The van der Waals surface area contributed by atoms with Crippen LogP contribution in [0.15, 0.2) is 24.4 Å². The lowest BCUT2D eigenvalue weighted by molar-refractivity contribution is -0.162. The zero-order chi connectivity index (χ0) is 29.1. The van der Waals surface area contributed by atoms with Crippen molar-refractivity contribution in [1.82, 2.24) is 14.6 Å². The molecule has 0 saturated carbocycles. The molecule has 1 amide bonds. The first-order valence-electron chi connectivity index (χ1n) is 13.9. The van der Waals surface area contributed by atoms with Gasteiger partial charge in [-0.05, 0) is 42.5 Å². The zero-order valence-electron chi connectivity index (χ0n) is 23.5. The molecule has 2 N–H and O–H groups in total. The molecule has 2 aliphatic heterocycles. The van der Waals surface area contributed by atoms with Crippen molar-refractivity contribution in [2.75, 3.05) is 37.0 Å². The van der Waals surface area contributed by atoms with E-state index >= 15 is 0 Å². The molecular formula is C28H40F3N5O4. The minimum Gasteiger partial charge on any atom is -0.493 e. The summed E-state index contributed by atoms with van der Waals surface area (Å²) in [6.07, 6.45) is 2.90. The van der Waals surface area contributed by atoms with Crippen LogP contribution < -0.4 is 15.5 Å². The van der Waals surface area contributed by atoms with Crippen LogP contribution in [-0.2, 0) is 33.7 Å². The summed E-state index contributed by atoms with van der Waals surface area (Å²) in [6, 6.07) is 5.36. The zero-order valence-corrected chi connectivity index (χ0v) is 23.5. The molecule has 3 heterocycles. The summed E-state index contributed by atoms with van der Waals surface area (Å²) in [5, 5.41) is 3.19. The molecule has 12 heteroatoms. The smallest absolute Gasteiger partial charge is 0.406 e. The summed E-state index contributed by atoms with van der Waals surface area (Å²) in [5.74, 6) is 0.708. The number of benzene rings is 1. The number of hydrogen-bond acceptors (Lipinski definition) is 7. The van der Waals surface area contributed by atoms with Crippen LogP contribution in [0, 0.1) is 0 Å². The fraction of sp³-hybridized carbons (Fsp3) is 0.607. The molecule has 0 spiro atoms. The number of esters is 1. The van der Waals surface area contributed by atoms with Gasteiger partial charge in [-0.1, -0.05) is 32.8 Å². The molecule has 0 aliphatic carbocycles. The monoisotopic (exact) mass is 567 g/mol. The maximum Gasteiger partial charge on any atom is 0.406 e. The highest BCUT2D eigenvalue weighted by Crippen LogP contribution is 2.27. The Bertz CT molecular complexity index is 1090. The number of fused-ring (bicyclic) bond motifs is 2. The Morgan fingerprint density at radius 3 is 2.52 bits per heavy atom. The van der Waals surface area contributed by atoms with Crippen molar-refractivity contribution in [2.45, 2.75) is 84.5 Å². The Morgan fingerprint density at radius 2 is 1.88 bits per heavy atom. The Morgan fingerprint density at radius 1 is 1.12 bits per heavy atom. The fourth-order valence-corrected chi connectivity index (χ4v) is 4.70. The number of nitrogens with one attached hydrogen (secondary N) is 2. The quantitative estimate of drug-likeness (QED) is 0.397. The summed E-state index contributed by atoms with van der Waals surface area (Å²) < 4.78 is 51.1. The second kappa shape index (κ2) is 14.8. The van der Waals surface area contributed by atoms with Gasteiger partial charge in [-0.25, -0.2) is 9.66 Å². The number of halogens is 3. The molecule has 0 unspecified atom stereocenters. The summed E-state index contributed by atoms with van der Waals surface area (Å²) in [6.45, 7) is 6.41. The highest BCUT2D eigenvalue weighted by Gasteiger charge is 2.34. The summed E-state index contributed by atoms with van der Waals surface area (Å²) in [4.78, 5) is 28.0. The number of carbonyl (C=O) groups is 2. The molecule has 2 aromatic rings. The average molecular weight is 568 g/mol. The van der Waals surface area contributed by atoms with Crippen molar-refractivity contribution >= 4 is 17.8 Å². The van der Waals surface area contributed by atoms with Crippen molar-refractivity contribution in [3.8, 4) is 5.75 Å². The number of anilines is 1. The van der Waals surface area contributed by atoms with Crippen LogP contribution in [0.5, 0.6) is 5.75 Å². The van der Waals surface area contributed by atoms with Gasteiger partial charge in [0.25, 0.3) is 0 Å². The van der Waals surface area contributed by atoms with Crippen molar-refractivity contribution in [3.63, 3.8) is 0 Å². The largest absolute Gasteiger partial charge is 0.493 e. The maximum absolute atomic E-state index is 12.8. The van der Waals surface area contributed by atoms with Gasteiger partial charge in [0.2, 0.25) is 11.9 Å². The normalized spacial score (nSPS) is 14.7. The van der Waals surface area contributed by atoms with Gasteiger partial charge in [0.15, 0.2) is 0 Å². The second-order valence-corrected chi connectivity index (χ2v) is 9.96. The van der Waals surface area contributed by atoms with E-state index in [0.717, 1.165) is 60.9 Å². The Kier molecular flexibility index (Phi) is 11.5. The van der Waals surface area contributed by atoms with Gasteiger partial charge >= 0.3 is 12.1 Å². The number of rotatable bonds is 10. The van der Waals surface area contributed by atoms with E-state index < -0.39 is 18.6 Å². The van der Waals surface area contributed by atoms with Crippen molar-refractivity contribution in [1.29, 1.82) is 0 Å². The number of imidazole rings is 1. The van der Waals surface area contributed by atoms with Gasteiger partial charge < -0.3 is 25.1 Å². The summed E-state index contributed by atoms with van der Waals surface area (Å²) in [5.41, 5.74) is 5.65. The lowest BCUT2D eigenvalue weighted by Gasteiger charge is -2.22. The molecule has 9 nitrogen and oxygen atoms in total. The Balaban J connectivity index is 0.000000342. The molecular weight excluding hydrogens is 527 g/mol. The lowest BCUT2D eigenvalue weighted by atomic mass is 10.0. The van der Waals surface area contributed by atoms with Crippen LogP contribution in [0.4, 0.5) is 19.1 Å². The predicted octanol–water partition coefficient (Wildman–Crippen LogP) is 4.83. The summed E-state index contributed by atoms with van der Waals surface area (Å²) >= 11 is 0. The lowest BCUT2D eigenvalue weighted by Crippen LogP contribution is -2.37. The number of hydrogen-bond donors (Lipinski definition) is 2.